The highest BCUT2D eigenvalue weighted by Crippen LogP contribution is 2.27. The zero-order valence-electron chi connectivity index (χ0n) is 11.3. The van der Waals surface area contributed by atoms with Gasteiger partial charge in [-0.2, -0.15) is 0 Å². The van der Waals surface area contributed by atoms with Crippen molar-refractivity contribution in [1.82, 2.24) is 14.9 Å². The minimum absolute atomic E-state index is 0.171. The summed E-state index contributed by atoms with van der Waals surface area (Å²) in [5.41, 5.74) is -0.648. The monoisotopic (exact) mass is 283 g/mol. The summed E-state index contributed by atoms with van der Waals surface area (Å²) < 4.78 is 6.81. The first-order valence-corrected chi connectivity index (χ1v) is 6.28. The lowest BCUT2D eigenvalue weighted by Gasteiger charge is -2.16. The lowest BCUT2D eigenvalue weighted by Crippen LogP contribution is -2.36. The van der Waals surface area contributed by atoms with Crippen LogP contribution in [0.2, 0.25) is 0 Å². The van der Waals surface area contributed by atoms with Gasteiger partial charge in [0.05, 0.1) is 6.10 Å². The van der Waals surface area contributed by atoms with Crippen molar-refractivity contribution >= 4 is 5.91 Å². The van der Waals surface area contributed by atoms with E-state index in [4.69, 9.17) is 4.74 Å². The fourth-order valence-electron chi connectivity index (χ4n) is 2.11. The summed E-state index contributed by atoms with van der Waals surface area (Å²) in [5.74, 6) is -0.221. The molecule has 0 unspecified atom stereocenters. The third-order valence-corrected chi connectivity index (χ3v) is 3.21. The molecule has 1 aliphatic heterocycles. The third kappa shape index (κ3) is 2.97. The van der Waals surface area contributed by atoms with Crippen molar-refractivity contribution in [2.75, 3.05) is 6.54 Å². The molecule has 0 bridgehead atoms. The quantitative estimate of drug-likeness (QED) is 0.633. The number of carbonyl (C=O) groups is 1. The smallest absolute Gasteiger partial charge is 0.330 e. The van der Waals surface area contributed by atoms with Gasteiger partial charge in [-0.25, -0.2) is 4.79 Å². The van der Waals surface area contributed by atoms with Gasteiger partial charge in [0, 0.05) is 31.6 Å². The number of aliphatic hydroxyl groups is 1. The molecule has 3 atom stereocenters. The van der Waals surface area contributed by atoms with Gasteiger partial charge in [-0.05, 0) is 6.92 Å². The van der Waals surface area contributed by atoms with Crippen LogP contribution >= 0.6 is 0 Å². The maximum Gasteiger partial charge on any atom is 0.330 e. The number of aromatic amines is 1. The summed E-state index contributed by atoms with van der Waals surface area (Å²) in [6.07, 6.45) is -0.407. The van der Waals surface area contributed by atoms with Gasteiger partial charge in [0.2, 0.25) is 5.91 Å². The summed E-state index contributed by atoms with van der Waals surface area (Å²) >= 11 is 0. The summed E-state index contributed by atoms with van der Waals surface area (Å²) in [4.78, 5) is 36.1. The Bertz CT molecular complexity index is 620. The third-order valence-electron chi connectivity index (χ3n) is 3.21. The highest BCUT2D eigenvalue weighted by Gasteiger charge is 2.35. The molecular weight excluding hydrogens is 266 g/mol. The number of amides is 1. The zero-order valence-corrected chi connectivity index (χ0v) is 11.3. The van der Waals surface area contributed by atoms with Gasteiger partial charge in [0.15, 0.2) is 0 Å². The van der Waals surface area contributed by atoms with Crippen LogP contribution in [0.3, 0.4) is 0 Å². The summed E-state index contributed by atoms with van der Waals surface area (Å²) in [6.45, 7) is 3.12. The van der Waals surface area contributed by atoms with E-state index in [-0.39, 0.29) is 18.9 Å². The summed E-state index contributed by atoms with van der Waals surface area (Å²) in [5, 5.41) is 12.4. The molecule has 1 aromatic rings. The highest BCUT2D eigenvalue weighted by atomic mass is 16.5. The van der Waals surface area contributed by atoms with Crippen molar-refractivity contribution in [3.63, 3.8) is 0 Å². The average molecular weight is 283 g/mol. The average Bonchev–Trinajstić information content (AvgIpc) is 2.72. The van der Waals surface area contributed by atoms with Crippen LogP contribution in [-0.2, 0) is 9.53 Å². The van der Waals surface area contributed by atoms with Crippen molar-refractivity contribution in [2.24, 2.45) is 0 Å². The van der Waals surface area contributed by atoms with Crippen molar-refractivity contribution in [1.29, 1.82) is 0 Å². The Hall–Kier alpha value is -1.93. The van der Waals surface area contributed by atoms with Crippen LogP contribution < -0.4 is 16.6 Å². The first-order valence-electron chi connectivity index (χ1n) is 6.28. The fourth-order valence-corrected chi connectivity index (χ4v) is 2.11. The molecule has 1 aromatic heterocycles. The molecule has 0 radical (unpaired) electrons. The molecule has 0 aliphatic carbocycles. The van der Waals surface area contributed by atoms with Crippen LogP contribution in [0.5, 0.6) is 0 Å². The van der Waals surface area contributed by atoms with Crippen molar-refractivity contribution in [2.45, 2.75) is 38.7 Å². The van der Waals surface area contributed by atoms with E-state index in [1.165, 1.54) is 17.7 Å². The normalized spacial score (nSPS) is 25.6. The molecule has 2 rings (SSSR count). The van der Waals surface area contributed by atoms with E-state index in [0.29, 0.717) is 5.56 Å². The Morgan fingerprint density at radius 3 is 2.95 bits per heavy atom. The predicted octanol–water partition coefficient (Wildman–Crippen LogP) is -1.37. The number of nitrogens with one attached hydrogen (secondary N) is 2. The highest BCUT2D eigenvalue weighted by molar-refractivity contribution is 5.72. The Balaban J connectivity index is 2.16. The molecule has 20 heavy (non-hydrogen) atoms. The number of H-pyrrole nitrogens is 1. The van der Waals surface area contributed by atoms with Crippen LogP contribution in [-0.4, -0.2) is 39.3 Å². The molecule has 1 fully saturated rings. The van der Waals surface area contributed by atoms with Gasteiger partial charge < -0.3 is 15.2 Å². The van der Waals surface area contributed by atoms with Gasteiger partial charge >= 0.3 is 5.69 Å². The molecular formula is C12H17N3O5. The molecule has 110 valence electrons. The van der Waals surface area contributed by atoms with E-state index in [9.17, 15) is 19.5 Å². The van der Waals surface area contributed by atoms with Crippen molar-refractivity contribution < 1.29 is 14.6 Å². The number of aromatic nitrogens is 2. The summed E-state index contributed by atoms with van der Waals surface area (Å²) in [6, 6.07) is 0. The van der Waals surface area contributed by atoms with Gasteiger partial charge in [-0.15, -0.1) is 0 Å². The van der Waals surface area contributed by atoms with E-state index in [1.54, 1.807) is 6.92 Å². The topological polar surface area (TPSA) is 113 Å². The largest absolute Gasteiger partial charge is 0.390 e. The molecule has 1 amide bonds. The first-order chi connectivity index (χ1) is 9.38. The minimum Gasteiger partial charge on any atom is -0.390 e. The molecule has 2 heterocycles. The second kappa shape index (κ2) is 5.59. The molecule has 0 aromatic carbocycles. The molecule has 0 spiro atoms. The van der Waals surface area contributed by atoms with Gasteiger partial charge in [-0.3, -0.25) is 19.1 Å². The van der Waals surface area contributed by atoms with E-state index >= 15 is 0 Å². The van der Waals surface area contributed by atoms with Gasteiger partial charge in [0.1, 0.15) is 12.3 Å². The molecule has 0 saturated carbocycles. The van der Waals surface area contributed by atoms with Crippen LogP contribution in [0.25, 0.3) is 0 Å². The number of carbonyl (C=O) groups excluding carboxylic acids is 1. The number of aryl methyl sites for hydroxylation is 1. The first kappa shape index (κ1) is 14.5. The minimum atomic E-state index is -0.786. The maximum atomic E-state index is 11.7. The molecule has 1 aliphatic rings. The second-order valence-electron chi connectivity index (χ2n) is 4.85. The second-order valence-corrected chi connectivity index (χ2v) is 4.85. The van der Waals surface area contributed by atoms with Crippen LogP contribution in [0, 0.1) is 6.92 Å². The maximum absolute atomic E-state index is 11.7. The van der Waals surface area contributed by atoms with Gasteiger partial charge in [0.25, 0.3) is 5.56 Å². The number of nitrogens with zero attached hydrogens (tertiary/aromatic N) is 1. The van der Waals surface area contributed by atoms with Crippen molar-refractivity contribution in [3.05, 3.63) is 32.6 Å². The van der Waals surface area contributed by atoms with Gasteiger partial charge in [-0.1, -0.05) is 0 Å². The SMILES string of the molecule is CC(=O)NC[C@H]1O[C@@H](n2cc(C)c(=O)[nH]c2=O)C[C@@H]1O. The van der Waals surface area contributed by atoms with E-state index < -0.39 is 29.7 Å². The zero-order chi connectivity index (χ0) is 14.9. The molecule has 3 N–H and O–H groups in total. The van der Waals surface area contributed by atoms with E-state index in [0.717, 1.165) is 0 Å². The molecule has 8 heteroatoms. The Morgan fingerprint density at radius 2 is 2.30 bits per heavy atom. The van der Waals surface area contributed by atoms with E-state index in [1.807, 2.05) is 0 Å². The standard InChI is InChI=1S/C12H17N3O5/c1-6-5-15(12(19)14-11(6)18)10-3-8(17)9(20-10)4-13-7(2)16/h5,8-10,17H,3-4H2,1-2H3,(H,13,16)(H,14,18,19)/t8-,9+,10+/m0/s1. The number of rotatable bonds is 3. The van der Waals surface area contributed by atoms with Crippen LogP contribution in [0.1, 0.15) is 25.1 Å². The Kier molecular flexibility index (Phi) is 4.05. The Morgan fingerprint density at radius 1 is 1.60 bits per heavy atom. The van der Waals surface area contributed by atoms with Crippen LogP contribution in [0.4, 0.5) is 0 Å². The molecule has 1 saturated heterocycles. The number of hydrogen-bond acceptors (Lipinski definition) is 5. The lowest BCUT2D eigenvalue weighted by molar-refractivity contribution is -0.120. The number of ether oxygens (including phenoxy) is 1. The van der Waals surface area contributed by atoms with E-state index in [2.05, 4.69) is 10.3 Å². The molecule has 8 nitrogen and oxygen atoms in total. The Labute approximate surface area is 114 Å². The summed E-state index contributed by atoms with van der Waals surface area (Å²) in [7, 11) is 0. The number of hydrogen-bond donors (Lipinski definition) is 3. The fraction of sp³-hybridized carbons (Fsp3) is 0.583. The number of aliphatic hydroxyl groups excluding tert-OH is 1. The lowest BCUT2D eigenvalue weighted by atomic mass is 10.2. The van der Waals surface area contributed by atoms with Crippen molar-refractivity contribution in [3.8, 4) is 0 Å². The van der Waals surface area contributed by atoms with Crippen LogP contribution in [0.15, 0.2) is 15.8 Å². The predicted molar refractivity (Wildman–Crippen MR) is 69.3 cm³/mol.